The molecule has 0 radical (unpaired) electrons. The van der Waals surface area contributed by atoms with Crippen LogP contribution in [0.1, 0.15) is 56.8 Å². The second-order valence-corrected chi connectivity index (χ2v) is 5.33. The molecule has 0 aromatic carbocycles. The molecule has 1 atom stereocenters. The molecule has 0 spiro atoms. The van der Waals surface area contributed by atoms with Crippen LogP contribution in [0, 0.1) is 0 Å². The minimum atomic E-state index is 0.559. The normalized spacial score (nSPS) is 26.5. The summed E-state index contributed by atoms with van der Waals surface area (Å²) >= 11 is 0. The molecule has 1 saturated heterocycles. The third-order valence-corrected chi connectivity index (χ3v) is 4.07. The van der Waals surface area contributed by atoms with Crippen molar-refractivity contribution in [1.29, 1.82) is 0 Å². The Labute approximate surface area is 102 Å². The number of hydrogen-bond donors (Lipinski definition) is 1. The molecule has 0 bridgehead atoms. The van der Waals surface area contributed by atoms with Crippen LogP contribution in [0.4, 0.5) is 0 Å². The lowest BCUT2D eigenvalue weighted by Gasteiger charge is -2.23. The quantitative estimate of drug-likeness (QED) is 0.862. The van der Waals surface area contributed by atoms with Crippen LogP contribution in [0.5, 0.6) is 0 Å². The van der Waals surface area contributed by atoms with E-state index >= 15 is 0 Å². The zero-order valence-corrected chi connectivity index (χ0v) is 10.3. The lowest BCUT2D eigenvalue weighted by Crippen LogP contribution is -2.36. The minimum Gasteiger partial charge on any atom is -0.314 e. The molecule has 2 aliphatic rings. The van der Waals surface area contributed by atoms with Gasteiger partial charge in [-0.2, -0.15) is 0 Å². The van der Waals surface area contributed by atoms with Crippen molar-refractivity contribution in [3.63, 3.8) is 0 Å². The van der Waals surface area contributed by atoms with Crippen molar-refractivity contribution in [1.82, 2.24) is 25.5 Å². The fraction of sp³-hybridized carbons (Fsp3) is 0.917. The lowest BCUT2D eigenvalue weighted by molar-refractivity contribution is 0.374. The highest BCUT2D eigenvalue weighted by Crippen LogP contribution is 2.29. The van der Waals surface area contributed by atoms with Gasteiger partial charge in [-0.15, -0.1) is 5.10 Å². The Morgan fingerprint density at radius 1 is 1.12 bits per heavy atom. The Balaban J connectivity index is 1.67. The molecule has 1 aromatic heterocycles. The van der Waals surface area contributed by atoms with Crippen molar-refractivity contribution in [3.05, 3.63) is 5.82 Å². The molecule has 1 N–H and O–H groups in total. The maximum Gasteiger partial charge on any atom is 0.153 e. The van der Waals surface area contributed by atoms with E-state index in [0.717, 1.165) is 18.8 Å². The Bertz CT molecular complexity index is 350. The van der Waals surface area contributed by atoms with E-state index in [-0.39, 0.29) is 0 Å². The summed E-state index contributed by atoms with van der Waals surface area (Å²) < 4.78 is 2.09. The number of rotatable bonds is 3. The molecule has 1 aliphatic heterocycles. The van der Waals surface area contributed by atoms with Crippen LogP contribution in [0.15, 0.2) is 0 Å². The molecule has 2 heterocycles. The molecule has 3 rings (SSSR count). The van der Waals surface area contributed by atoms with Gasteiger partial charge in [0.2, 0.25) is 0 Å². The van der Waals surface area contributed by atoms with Gasteiger partial charge in [-0.25, -0.2) is 4.68 Å². The maximum atomic E-state index is 4.22. The van der Waals surface area contributed by atoms with E-state index in [0.29, 0.717) is 12.1 Å². The molecule has 94 valence electrons. The number of nitrogens with zero attached hydrogens (tertiary/aromatic N) is 4. The fourth-order valence-electron chi connectivity index (χ4n) is 3.10. The van der Waals surface area contributed by atoms with E-state index in [1.54, 1.807) is 0 Å². The van der Waals surface area contributed by atoms with E-state index in [1.807, 2.05) is 0 Å². The number of tetrazole rings is 1. The zero-order chi connectivity index (χ0) is 11.5. The molecule has 1 aliphatic carbocycles. The summed E-state index contributed by atoms with van der Waals surface area (Å²) in [6.07, 6.45) is 10.0. The van der Waals surface area contributed by atoms with Crippen molar-refractivity contribution in [2.45, 2.75) is 63.5 Å². The molecule has 17 heavy (non-hydrogen) atoms. The van der Waals surface area contributed by atoms with Crippen molar-refractivity contribution >= 4 is 0 Å². The Morgan fingerprint density at radius 3 is 2.71 bits per heavy atom. The van der Waals surface area contributed by atoms with Crippen molar-refractivity contribution in [2.75, 3.05) is 6.54 Å². The minimum absolute atomic E-state index is 0.559. The number of hydrogen-bond acceptors (Lipinski definition) is 4. The average Bonchev–Trinajstić information content (AvgIpc) is 3.00. The summed E-state index contributed by atoms with van der Waals surface area (Å²) in [5, 5.41) is 15.8. The lowest BCUT2D eigenvalue weighted by atomic mass is 10.0. The smallest absolute Gasteiger partial charge is 0.153 e. The van der Waals surface area contributed by atoms with Crippen LogP contribution in [0.3, 0.4) is 0 Å². The monoisotopic (exact) mass is 235 g/mol. The molecule has 1 unspecified atom stereocenters. The SMILES string of the molecule is C1CCC(Cc2nnnn2C2CCCC2)NC1. The van der Waals surface area contributed by atoms with Gasteiger partial charge in [-0.05, 0) is 42.7 Å². The van der Waals surface area contributed by atoms with Gasteiger partial charge in [0.15, 0.2) is 5.82 Å². The van der Waals surface area contributed by atoms with Crippen molar-refractivity contribution in [3.8, 4) is 0 Å². The van der Waals surface area contributed by atoms with Gasteiger partial charge < -0.3 is 5.32 Å². The van der Waals surface area contributed by atoms with Gasteiger partial charge in [0, 0.05) is 12.5 Å². The van der Waals surface area contributed by atoms with Crippen LogP contribution in [-0.2, 0) is 6.42 Å². The molecule has 2 fully saturated rings. The van der Waals surface area contributed by atoms with Gasteiger partial charge in [0.05, 0.1) is 6.04 Å². The summed E-state index contributed by atoms with van der Waals surface area (Å²) in [4.78, 5) is 0. The molecular weight excluding hydrogens is 214 g/mol. The summed E-state index contributed by atoms with van der Waals surface area (Å²) in [5.41, 5.74) is 0. The third kappa shape index (κ3) is 2.49. The molecule has 5 nitrogen and oxygen atoms in total. The zero-order valence-electron chi connectivity index (χ0n) is 10.3. The van der Waals surface area contributed by atoms with E-state index < -0.39 is 0 Å². The first-order valence-corrected chi connectivity index (χ1v) is 6.93. The van der Waals surface area contributed by atoms with Crippen molar-refractivity contribution < 1.29 is 0 Å². The Hall–Kier alpha value is -0.970. The van der Waals surface area contributed by atoms with Crippen LogP contribution in [0.2, 0.25) is 0 Å². The Morgan fingerprint density at radius 2 is 1.94 bits per heavy atom. The van der Waals surface area contributed by atoms with Crippen LogP contribution in [-0.4, -0.2) is 32.8 Å². The molecule has 5 heteroatoms. The highest BCUT2D eigenvalue weighted by molar-refractivity contribution is 4.91. The summed E-state index contributed by atoms with van der Waals surface area (Å²) in [7, 11) is 0. The Kier molecular flexibility index (Phi) is 3.36. The van der Waals surface area contributed by atoms with E-state index in [1.165, 1.54) is 44.9 Å². The first kappa shape index (κ1) is 11.1. The van der Waals surface area contributed by atoms with Gasteiger partial charge in [0.1, 0.15) is 0 Å². The standard InChI is InChI=1S/C12H21N5/c1-2-7-11(6-1)17-12(14-15-16-17)9-10-5-3-4-8-13-10/h10-11,13H,1-9H2. The van der Waals surface area contributed by atoms with Gasteiger partial charge in [-0.3, -0.25) is 0 Å². The second-order valence-electron chi connectivity index (χ2n) is 5.33. The first-order valence-electron chi connectivity index (χ1n) is 6.93. The van der Waals surface area contributed by atoms with Crippen molar-refractivity contribution in [2.24, 2.45) is 0 Å². The second kappa shape index (κ2) is 5.12. The third-order valence-electron chi connectivity index (χ3n) is 4.07. The van der Waals surface area contributed by atoms with Gasteiger partial charge in [0.25, 0.3) is 0 Å². The highest BCUT2D eigenvalue weighted by Gasteiger charge is 2.23. The van der Waals surface area contributed by atoms with Gasteiger partial charge >= 0.3 is 0 Å². The topological polar surface area (TPSA) is 55.6 Å². The van der Waals surface area contributed by atoms with E-state index in [2.05, 4.69) is 25.5 Å². The largest absolute Gasteiger partial charge is 0.314 e. The number of nitrogens with one attached hydrogen (secondary N) is 1. The first-order chi connectivity index (χ1) is 8.43. The van der Waals surface area contributed by atoms with Crippen LogP contribution >= 0.6 is 0 Å². The average molecular weight is 235 g/mol. The summed E-state index contributed by atoms with van der Waals surface area (Å²) in [6.45, 7) is 1.15. The highest BCUT2D eigenvalue weighted by atomic mass is 15.5. The van der Waals surface area contributed by atoms with Crippen LogP contribution in [0.25, 0.3) is 0 Å². The van der Waals surface area contributed by atoms with E-state index in [9.17, 15) is 0 Å². The fourth-order valence-corrected chi connectivity index (χ4v) is 3.10. The molecular formula is C12H21N5. The molecule has 1 saturated carbocycles. The summed E-state index contributed by atoms with van der Waals surface area (Å²) in [6, 6.07) is 1.14. The summed E-state index contributed by atoms with van der Waals surface area (Å²) in [5.74, 6) is 1.08. The van der Waals surface area contributed by atoms with E-state index in [4.69, 9.17) is 0 Å². The molecule has 1 aromatic rings. The van der Waals surface area contributed by atoms with Crippen LogP contribution < -0.4 is 5.32 Å². The predicted molar refractivity (Wildman–Crippen MR) is 64.7 cm³/mol. The molecule has 0 amide bonds. The van der Waals surface area contributed by atoms with Gasteiger partial charge in [-0.1, -0.05) is 19.3 Å². The number of piperidine rings is 1. The predicted octanol–water partition coefficient (Wildman–Crippen LogP) is 1.47. The maximum absolute atomic E-state index is 4.22. The number of aromatic nitrogens is 4.